The van der Waals surface area contributed by atoms with E-state index in [4.69, 9.17) is 0 Å². The van der Waals surface area contributed by atoms with E-state index in [9.17, 15) is 14.7 Å². The molecule has 1 aromatic rings. The zero-order valence-corrected chi connectivity index (χ0v) is 12.0. The molecule has 0 spiro atoms. The summed E-state index contributed by atoms with van der Waals surface area (Å²) in [7, 11) is 0. The van der Waals surface area contributed by atoms with Crippen molar-refractivity contribution < 1.29 is 9.90 Å². The largest absolute Gasteiger partial charge is 0.481 e. The number of nitrogens with one attached hydrogen (secondary N) is 1. The molecule has 0 amide bonds. The van der Waals surface area contributed by atoms with Crippen LogP contribution in [0.25, 0.3) is 0 Å². The van der Waals surface area contributed by atoms with Crippen molar-refractivity contribution in [2.75, 3.05) is 11.9 Å². The summed E-state index contributed by atoms with van der Waals surface area (Å²) in [5.74, 6) is -0.607. The maximum Gasteiger partial charge on any atom is 0.306 e. The van der Waals surface area contributed by atoms with Crippen molar-refractivity contribution in [3.8, 4) is 0 Å². The molecule has 2 unspecified atom stereocenters. The number of carboxylic acid groups (broad SMARTS) is 1. The Balaban J connectivity index is 1.68. The third-order valence-corrected chi connectivity index (χ3v) is 4.57. The molecule has 6 heteroatoms. The molecular formula is C15H21N3O3. The number of hydrogen-bond donors (Lipinski definition) is 2. The summed E-state index contributed by atoms with van der Waals surface area (Å²) < 4.78 is 1.73. The predicted octanol–water partition coefficient (Wildman–Crippen LogP) is 1.88. The smallest absolute Gasteiger partial charge is 0.306 e. The number of aromatic nitrogens is 2. The third kappa shape index (κ3) is 3.09. The quantitative estimate of drug-likeness (QED) is 0.865. The average Bonchev–Trinajstić information content (AvgIpc) is 3.31. The lowest BCUT2D eigenvalue weighted by Gasteiger charge is -2.28. The molecule has 6 nitrogen and oxygen atoms in total. The van der Waals surface area contributed by atoms with E-state index in [1.807, 2.05) is 0 Å². The van der Waals surface area contributed by atoms with Gasteiger partial charge >= 0.3 is 5.97 Å². The molecule has 21 heavy (non-hydrogen) atoms. The second kappa shape index (κ2) is 5.87. The first kappa shape index (κ1) is 14.1. The Kier molecular flexibility index (Phi) is 3.94. The van der Waals surface area contributed by atoms with Gasteiger partial charge in [-0.15, -0.1) is 0 Å². The molecule has 0 radical (unpaired) electrons. The number of anilines is 1. The van der Waals surface area contributed by atoms with Crippen molar-refractivity contribution >= 4 is 11.8 Å². The molecule has 0 saturated heterocycles. The minimum absolute atomic E-state index is 0.0760. The van der Waals surface area contributed by atoms with E-state index in [1.165, 1.54) is 0 Å². The highest BCUT2D eigenvalue weighted by Crippen LogP contribution is 2.33. The van der Waals surface area contributed by atoms with Gasteiger partial charge in [0.05, 0.1) is 5.92 Å². The molecule has 3 rings (SSSR count). The lowest BCUT2D eigenvalue weighted by Crippen LogP contribution is -2.33. The Hall–Kier alpha value is -1.85. The van der Waals surface area contributed by atoms with E-state index in [0.717, 1.165) is 38.5 Å². The molecule has 2 N–H and O–H groups in total. The van der Waals surface area contributed by atoms with Crippen LogP contribution >= 0.6 is 0 Å². The molecule has 1 heterocycles. The molecule has 2 saturated carbocycles. The zero-order valence-electron chi connectivity index (χ0n) is 12.0. The van der Waals surface area contributed by atoms with Crippen molar-refractivity contribution in [2.24, 2.45) is 11.8 Å². The predicted molar refractivity (Wildman–Crippen MR) is 78.3 cm³/mol. The Morgan fingerprint density at radius 3 is 2.81 bits per heavy atom. The van der Waals surface area contributed by atoms with Crippen LogP contribution in [0.3, 0.4) is 0 Å². The summed E-state index contributed by atoms with van der Waals surface area (Å²) in [5.41, 5.74) is -0.0947. The first-order valence-corrected chi connectivity index (χ1v) is 7.70. The van der Waals surface area contributed by atoms with Gasteiger partial charge in [0.2, 0.25) is 0 Å². The number of rotatable bonds is 5. The van der Waals surface area contributed by atoms with Crippen LogP contribution in [0.5, 0.6) is 0 Å². The standard InChI is InChI=1S/C15H21N3O3/c19-14-13(16-7-8-18(14)11-5-6-11)17-9-10-3-1-2-4-12(10)15(20)21/h7-8,10-12H,1-6,9H2,(H,16,17)(H,20,21). The van der Waals surface area contributed by atoms with Crippen LogP contribution in [0.15, 0.2) is 17.2 Å². The van der Waals surface area contributed by atoms with Gasteiger partial charge < -0.3 is 15.0 Å². The van der Waals surface area contributed by atoms with E-state index >= 15 is 0 Å². The molecule has 2 aliphatic rings. The van der Waals surface area contributed by atoms with Gasteiger partial charge in [0, 0.05) is 25.0 Å². The summed E-state index contributed by atoms with van der Waals surface area (Å²) in [4.78, 5) is 27.7. The fourth-order valence-electron chi connectivity index (χ4n) is 3.19. The van der Waals surface area contributed by atoms with E-state index in [0.29, 0.717) is 18.4 Å². The summed E-state index contributed by atoms with van der Waals surface area (Å²) >= 11 is 0. The highest BCUT2D eigenvalue weighted by Gasteiger charge is 2.31. The van der Waals surface area contributed by atoms with E-state index in [1.54, 1.807) is 17.0 Å². The second-order valence-electron chi connectivity index (χ2n) is 6.09. The van der Waals surface area contributed by atoms with E-state index < -0.39 is 5.97 Å². The summed E-state index contributed by atoms with van der Waals surface area (Å²) in [6.07, 6.45) is 9.13. The molecule has 1 aromatic heterocycles. The number of aliphatic carboxylic acids is 1. The maximum absolute atomic E-state index is 12.3. The highest BCUT2D eigenvalue weighted by molar-refractivity contribution is 5.70. The van der Waals surface area contributed by atoms with Gasteiger partial charge in [0.1, 0.15) is 0 Å². The Labute approximate surface area is 123 Å². The third-order valence-electron chi connectivity index (χ3n) is 4.57. The lowest BCUT2D eigenvalue weighted by atomic mass is 9.79. The summed E-state index contributed by atoms with van der Waals surface area (Å²) in [6.45, 7) is 0.508. The van der Waals surface area contributed by atoms with Crippen molar-refractivity contribution in [2.45, 2.75) is 44.6 Å². The topological polar surface area (TPSA) is 84.2 Å². The minimum Gasteiger partial charge on any atom is -0.481 e. The molecule has 2 fully saturated rings. The van der Waals surface area contributed by atoms with E-state index in [-0.39, 0.29) is 17.4 Å². The number of hydrogen-bond acceptors (Lipinski definition) is 4. The number of carboxylic acids is 1. The van der Waals surface area contributed by atoms with Crippen LogP contribution in [0.4, 0.5) is 5.82 Å². The van der Waals surface area contributed by atoms with Gasteiger partial charge in [0.25, 0.3) is 5.56 Å². The van der Waals surface area contributed by atoms with Gasteiger partial charge in [-0.1, -0.05) is 12.8 Å². The summed E-state index contributed by atoms with van der Waals surface area (Å²) in [6, 6.07) is 0.322. The van der Waals surface area contributed by atoms with Gasteiger partial charge in [-0.3, -0.25) is 9.59 Å². The van der Waals surface area contributed by atoms with Gasteiger partial charge in [-0.05, 0) is 31.6 Å². The second-order valence-corrected chi connectivity index (χ2v) is 6.09. The Bertz CT molecular complexity index is 580. The molecule has 114 valence electrons. The first-order valence-electron chi connectivity index (χ1n) is 7.70. The zero-order chi connectivity index (χ0) is 14.8. The number of nitrogens with zero attached hydrogens (tertiary/aromatic N) is 2. The van der Waals surface area contributed by atoms with E-state index in [2.05, 4.69) is 10.3 Å². The van der Waals surface area contributed by atoms with Crippen molar-refractivity contribution in [3.05, 3.63) is 22.7 Å². The Morgan fingerprint density at radius 2 is 2.10 bits per heavy atom. The van der Waals surface area contributed by atoms with Crippen molar-refractivity contribution in [1.29, 1.82) is 0 Å². The first-order chi connectivity index (χ1) is 10.2. The molecule has 0 aliphatic heterocycles. The lowest BCUT2D eigenvalue weighted by molar-refractivity contribution is -0.144. The SMILES string of the molecule is O=C(O)C1CCCCC1CNc1nccn(C2CC2)c1=O. The molecular weight excluding hydrogens is 270 g/mol. The van der Waals surface area contributed by atoms with Gasteiger partial charge in [-0.2, -0.15) is 0 Å². The van der Waals surface area contributed by atoms with Crippen LogP contribution in [-0.2, 0) is 4.79 Å². The number of carbonyl (C=O) groups is 1. The average molecular weight is 291 g/mol. The fraction of sp³-hybridized carbons (Fsp3) is 0.667. The molecule has 2 atom stereocenters. The van der Waals surface area contributed by atoms with Crippen LogP contribution in [0, 0.1) is 11.8 Å². The molecule has 2 aliphatic carbocycles. The van der Waals surface area contributed by atoms with Crippen molar-refractivity contribution in [3.63, 3.8) is 0 Å². The highest BCUT2D eigenvalue weighted by atomic mass is 16.4. The maximum atomic E-state index is 12.3. The van der Waals surface area contributed by atoms with Crippen LogP contribution in [-0.4, -0.2) is 27.2 Å². The monoisotopic (exact) mass is 291 g/mol. The summed E-state index contributed by atoms with van der Waals surface area (Å²) in [5, 5.41) is 12.4. The van der Waals surface area contributed by atoms with Gasteiger partial charge in [-0.25, -0.2) is 4.98 Å². The normalized spacial score (nSPS) is 25.5. The van der Waals surface area contributed by atoms with Crippen LogP contribution in [0.2, 0.25) is 0 Å². The van der Waals surface area contributed by atoms with Crippen molar-refractivity contribution in [1.82, 2.24) is 9.55 Å². The van der Waals surface area contributed by atoms with Crippen LogP contribution in [0.1, 0.15) is 44.6 Å². The van der Waals surface area contributed by atoms with Gasteiger partial charge in [0.15, 0.2) is 5.82 Å². The Morgan fingerprint density at radius 1 is 1.33 bits per heavy atom. The van der Waals surface area contributed by atoms with Crippen LogP contribution < -0.4 is 10.9 Å². The fourth-order valence-corrected chi connectivity index (χ4v) is 3.19. The molecule has 0 aromatic carbocycles. The minimum atomic E-state index is -0.724. The molecule has 0 bridgehead atoms.